The third kappa shape index (κ3) is 2.83. The van der Waals surface area contributed by atoms with Crippen LogP contribution in [0.5, 0.6) is 0 Å². The van der Waals surface area contributed by atoms with Gasteiger partial charge in [-0.25, -0.2) is 5.84 Å². The summed E-state index contributed by atoms with van der Waals surface area (Å²) in [4.78, 5) is 1.81. The predicted octanol–water partition coefficient (Wildman–Crippen LogP) is 2.36. The summed E-state index contributed by atoms with van der Waals surface area (Å²) in [5.74, 6) is 5.78. The molecule has 11 heavy (non-hydrogen) atoms. The Hall–Kier alpha value is -0.0200. The predicted molar refractivity (Wildman–Crippen MR) is 51.0 cm³/mol. The molecule has 0 amide bonds. The number of nitrogens with two attached hydrogens (primary N) is 1. The summed E-state index contributed by atoms with van der Waals surface area (Å²) in [6.45, 7) is 0. The van der Waals surface area contributed by atoms with Crippen LogP contribution in [0.3, 0.4) is 0 Å². The summed E-state index contributed by atoms with van der Waals surface area (Å²) in [5, 5.41) is 1.81. The molecule has 0 aliphatic heterocycles. The number of hydrogen-bond donors (Lipinski definition) is 1. The minimum atomic E-state index is 0.567. The smallest absolute Gasteiger partial charge is 0.0445 e. The Morgan fingerprint density at radius 1 is 1.27 bits per heavy atom. The van der Waals surface area contributed by atoms with Crippen LogP contribution < -0.4 is 5.84 Å². The summed E-state index contributed by atoms with van der Waals surface area (Å²) in [5.41, 5.74) is 0. The van der Waals surface area contributed by atoms with Gasteiger partial charge in [0.1, 0.15) is 0 Å². The van der Waals surface area contributed by atoms with Crippen LogP contribution >= 0.6 is 15.9 Å². The molecule has 0 unspecified atom stereocenters. The van der Waals surface area contributed by atoms with E-state index in [1.54, 1.807) is 0 Å². The van der Waals surface area contributed by atoms with E-state index in [4.69, 9.17) is 5.84 Å². The normalized spacial score (nSPS) is 20.9. The second-order valence-corrected chi connectivity index (χ2v) is 3.54. The standard InChI is InChI=1S/C8H15BrN2/c9-6-7-11(10)8-4-2-1-3-5-8/h6-8H,1-5,10H2/b7-6+. The molecule has 0 aromatic carbocycles. The highest BCUT2D eigenvalue weighted by atomic mass is 79.9. The lowest BCUT2D eigenvalue weighted by Gasteiger charge is -2.29. The zero-order chi connectivity index (χ0) is 8.10. The van der Waals surface area contributed by atoms with Crippen LogP contribution in [0.2, 0.25) is 0 Å². The third-order valence-electron chi connectivity index (χ3n) is 2.22. The Labute approximate surface area is 76.5 Å². The number of nitrogens with zero attached hydrogens (tertiary/aromatic N) is 1. The number of hydrogen-bond acceptors (Lipinski definition) is 2. The quantitative estimate of drug-likeness (QED) is 0.570. The van der Waals surface area contributed by atoms with Crippen LogP contribution in [-0.4, -0.2) is 11.1 Å². The number of halogens is 1. The number of rotatable bonds is 2. The van der Waals surface area contributed by atoms with Crippen molar-refractivity contribution in [2.75, 3.05) is 0 Å². The zero-order valence-corrected chi connectivity index (χ0v) is 8.26. The Balaban J connectivity index is 2.32. The molecule has 2 N–H and O–H groups in total. The van der Waals surface area contributed by atoms with Crippen molar-refractivity contribution < 1.29 is 0 Å². The van der Waals surface area contributed by atoms with Crippen LogP contribution in [0.1, 0.15) is 32.1 Å². The molecule has 0 atom stereocenters. The topological polar surface area (TPSA) is 29.3 Å². The lowest BCUT2D eigenvalue weighted by Crippen LogP contribution is -2.37. The average Bonchev–Trinajstić information content (AvgIpc) is 2.07. The molecule has 0 aromatic heterocycles. The molecular formula is C8H15BrN2. The molecule has 2 nitrogen and oxygen atoms in total. The summed E-state index contributed by atoms with van der Waals surface area (Å²) in [6.07, 6.45) is 8.41. The fourth-order valence-corrected chi connectivity index (χ4v) is 1.84. The highest BCUT2D eigenvalue weighted by Gasteiger charge is 2.15. The van der Waals surface area contributed by atoms with Crippen molar-refractivity contribution in [3.05, 3.63) is 11.2 Å². The summed E-state index contributed by atoms with van der Waals surface area (Å²) in [7, 11) is 0. The fraction of sp³-hybridized carbons (Fsp3) is 0.750. The molecule has 1 aliphatic rings. The van der Waals surface area contributed by atoms with Crippen molar-refractivity contribution in [1.29, 1.82) is 0 Å². The van der Waals surface area contributed by atoms with Gasteiger partial charge in [-0.1, -0.05) is 35.2 Å². The van der Waals surface area contributed by atoms with E-state index in [0.717, 1.165) is 0 Å². The van der Waals surface area contributed by atoms with Gasteiger partial charge in [0.2, 0.25) is 0 Å². The van der Waals surface area contributed by atoms with E-state index < -0.39 is 0 Å². The molecule has 0 heterocycles. The molecule has 0 saturated heterocycles. The maximum absolute atomic E-state index is 5.78. The van der Waals surface area contributed by atoms with Crippen molar-refractivity contribution in [1.82, 2.24) is 5.01 Å². The van der Waals surface area contributed by atoms with E-state index in [9.17, 15) is 0 Å². The van der Waals surface area contributed by atoms with Gasteiger partial charge >= 0.3 is 0 Å². The first-order chi connectivity index (χ1) is 5.34. The van der Waals surface area contributed by atoms with Crippen molar-refractivity contribution in [3.8, 4) is 0 Å². The molecular weight excluding hydrogens is 204 g/mol. The van der Waals surface area contributed by atoms with E-state index >= 15 is 0 Å². The summed E-state index contributed by atoms with van der Waals surface area (Å²) >= 11 is 3.21. The maximum atomic E-state index is 5.78. The molecule has 1 aliphatic carbocycles. The molecule has 0 bridgehead atoms. The SMILES string of the molecule is NN(/C=C/Br)C1CCCCC1. The highest BCUT2D eigenvalue weighted by molar-refractivity contribution is 9.11. The van der Waals surface area contributed by atoms with Crippen LogP contribution in [0, 0.1) is 0 Å². The molecule has 1 rings (SSSR count). The van der Waals surface area contributed by atoms with Gasteiger partial charge < -0.3 is 5.01 Å². The Kier molecular flexibility index (Phi) is 3.94. The van der Waals surface area contributed by atoms with Gasteiger partial charge in [-0.15, -0.1) is 0 Å². The zero-order valence-electron chi connectivity index (χ0n) is 6.67. The summed E-state index contributed by atoms with van der Waals surface area (Å²) < 4.78 is 0. The van der Waals surface area contributed by atoms with Crippen LogP contribution in [-0.2, 0) is 0 Å². The molecule has 1 saturated carbocycles. The Morgan fingerprint density at radius 3 is 2.45 bits per heavy atom. The second-order valence-electron chi connectivity index (χ2n) is 3.01. The van der Waals surface area contributed by atoms with Gasteiger partial charge in [0.15, 0.2) is 0 Å². The Morgan fingerprint density at radius 2 is 1.91 bits per heavy atom. The lowest BCUT2D eigenvalue weighted by molar-refractivity contribution is 0.222. The first-order valence-corrected chi connectivity index (χ1v) is 5.06. The van der Waals surface area contributed by atoms with E-state index in [1.807, 2.05) is 16.2 Å². The molecule has 0 spiro atoms. The van der Waals surface area contributed by atoms with Crippen LogP contribution in [0.15, 0.2) is 11.2 Å². The first kappa shape index (κ1) is 9.07. The molecule has 1 fully saturated rings. The van der Waals surface area contributed by atoms with Crippen molar-refractivity contribution in [3.63, 3.8) is 0 Å². The van der Waals surface area contributed by atoms with E-state index in [-0.39, 0.29) is 0 Å². The average molecular weight is 219 g/mol. The minimum absolute atomic E-state index is 0.567. The Bertz CT molecular complexity index is 130. The van der Waals surface area contributed by atoms with E-state index in [1.165, 1.54) is 32.1 Å². The van der Waals surface area contributed by atoms with E-state index in [0.29, 0.717) is 6.04 Å². The van der Waals surface area contributed by atoms with Crippen molar-refractivity contribution >= 4 is 15.9 Å². The van der Waals surface area contributed by atoms with Crippen molar-refractivity contribution in [2.45, 2.75) is 38.1 Å². The minimum Gasteiger partial charge on any atom is -0.315 e. The monoisotopic (exact) mass is 218 g/mol. The van der Waals surface area contributed by atoms with E-state index in [2.05, 4.69) is 15.9 Å². The van der Waals surface area contributed by atoms with Gasteiger partial charge in [0, 0.05) is 12.2 Å². The first-order valence-electron chi connectivity index (χ1n) is 4.14. The van der Waals surface area contributed by atoms with Crippen LogP contribution in [0.4, 0.5) is 0 Å². The highest BCUT2D eigenvalue weighted by Crippen LogP contribution is 2.20. The van der Waals surface area contributed by atoms with Gasteiger partial charge in [-0.3, -0.25) is 0 Å². The lowest BCUT2D eigenvalue weighted by atomic mass is 9.95. The van der Waals surface area contributed by atoms with Gasteiger partial charge in [-0.05, 0) is 17.8 Å². The molecule has 0 aromatic rings. The molecule has 0 radical (unpaired) electrons. The maximum Gasteiger partial charge on any atom is 0.0445 e. The van der Waals surface area contributed by atoms with Crippen LogP contribution in [0.25, 0.3) is 0 Å². The van der Waals surface area contributed by atoms with Gasteiger partial charge in [-0.2, -0.15) is 0 Å². The van der Waals surface area contributed by atoms with Crippen molar-refractivity contribution in [2.24, 2.45) is 5.84 Å². The second kappa shape index (κ2) is 4.78. The molecule has 64 valence electrons. The van der Waals surface area contributed by atoms with Gasteiger partial charge in [0.05, 0.1) is 0 Å². The molecule has 3 heteroatoms. The largest absolute Gasteiger partial charge is 0.315 e. The fourth-order valence-electron chi connectivity index (χ4n) is 1.57. The summed E-state index contributed by atoms with van der Waals surface area (Å²) in [6, 6.07) is 0.567. The number of hydrazine groups is 1. The third-order valence-corrected chi connectivity index (χ3v) is 2.46. The van der Waals surface area contributed by atoms with Gasteiger partial charge in [0.25, 0.3) is 0 Å².